The van der Waals surface area contributed by atoms with Crippen molar-refractivity contribution in [2.24, 2.45) is 5.10 Å². The lowest BCUT2D eigenvalue weighted by Crippen LogP contribution is -2.17. The third-order valence-corrected chi connectivity index (χ3v) is 4.32. The predicted octanol–water partition coefficient (Wildman–Crippen LogP) is 3.76. The summed E-state index contributed by atoms with van der Waals surface area (Å²) in [5.74, 6) is -0.313. The summed E-state index contributed by atoms with van der Waals surface area (Å²) < 4.78 is 1.88. The molecular weight excluding hydrogens is 362 g/mol. The Morgan fingerprint density at radius 3 is 2.48 bits per heavy atom. The van der Waals surface area contributed by atoms with Crippen molar-refractivity contribution in [3.63, 3.8) is 0 Å². The van der Waals surface area contributed by atoms with Crippen LogP contribution < -0.4 is 5.43 Å². The molecule has 0 aliphatic heterocycles. The summed E-state index contributed by atoms with van der Waals surface area (Å²) in [6, 6.07) is 23.4. The van der Waals surface area contributed by atoms with Gasteiger partial charge in [0.2, 0.25) is 0 Å². The van der Waals surface area contributed by atoms with E-state index in [1.165, 1.54) is 6.20 Å². The number of pyridine rings is 1. The highest BCUT2D eigenvalue weighted by Gasteiger charge is 2.10. The Balaban J connectivity index is 1.58. The second-order valence-electron chi connectivity index (χ2n) is 6.42. The van der Waals surface area contributed by atoms with Gasteiger partial charge in [0, 0.05) is 29.7 Å². The van der Waals surface area contributed by atoms with Gasteiger partial charge in [-0.1, -0.05) is 60.7 Å². The SMILES string of the molecule is O=C(NN=Cc1cn(Cc2ccccc2)nc1-c1ccccc1)c1cccnc1. The lowest BCUT2D eigenvalue weighted by atomic mass is 10.1. The molecule has 0 unspecified atom stereocenters. The van der Waals surface area contributed by atoms with Crippen LogP contribution in [0.3, 0.4) is 0 Å². The number of hydrazone groups is 1. The molecular formula is C23H19N5O. The summed E-state index contributed by atoms with van der Waals surface area (Å²) in [5, 5.41) is 8.85. The van der Waals surface area contributed by atoms with E-state index in [2.05, 4.69) is 27.6 Å². The lowest BCUT2D eigenvalue weighted by molar-refractivity contribution is 0.0955. The van der Waals surface area contributed by atoms with Crippen molar-refractivity contribution in [3.05, 3.63) is 108 Å². The van der Waals surface area contributed by atoms with Gasteiger partial charge in [0.1, 0.15) is 5.69 Å². The van der Waals surface area contributed by atoms with Crippen molar-refractivity contribution in [2.75, 3.05) is 0 Å². The molecule has 1 amide bonds. The van der Waals surface area contributed by atoms with Gasteiger partial charge >= 0.3 is 0 Å². The van der Waals surface area contributed by atoms with Gasteiger partial charge < -0.3 is 0 Å². The van der Waals surface area contributed by atoms with Gasteiger partial charge in [-0.15, -0.1) is 0 Å². The molecule has 6 nitrogen and oxygen atoms in total. The number of carbonyl (C=O) groups is 1. The van der Waals surface area contributed by atoms with E-state index in [9.17, 15) is 4.79 Å². The Hall–Kier alpha value is -4.06. The molecule has 4 rings (SSSR count). The Bertz CT molecular complexity index is 1110. The number of nitrogens with zero attached hydrogens (tertiary/aromatic N) is 4. The Kier molecular flexibility index (Phi) is 5.53. The van der Waals surface area contributed by atoms with Crippen LogP contribution in [0.1, 0.15) is 21.5 Å². The van der Waals surface area contributed by atoms with Crippen molar-refractivity contribution < 1.29 is 4.79 Å². The molecule has 4 aromatic rings. The summed E-state index contributed by atoms with van der Waals surface area (Å²) in [4.78, 5) is 16.1. The summed E-state index contributed by atoms with van der Waals surface area (Å²) in [5.41, 5.74) is 6.76. The third-order valence-electron chi connectivity index (χ3n) is 4.32. The number of amides is 1. The average molecular weight is 381 g/mol. The van der Waals surface area contributed by atoms with E-state index in [1.807, 2.05) is 59.4 Å². The van der Waals surface area contributed by atoms with E-state index in [1.54, 1.807) is 24.5 Å². The molecule has 0 saturated carbocycles. The molecule has 0 radical (unpaired) electrons. The minimum absolute atomic E-state index is 0.313. The normalized spacial score (nSPS) is 10.9. The highest BCUT2D eigenvalue weighted by atomic mass is 16.2. The van der Waals surface area contributed by atoms with E-state index in [4.69, 9.17) is 5.10 Å². The van der Waals surface area contributed by atoms with Gasteiger partial charge in [0.15, 0.2) is 0 Å². The minimum atomic E-state index is -0.313. The van der Waals surface area contributed by atoms with Crippen LogP contribution in [0.25, 0.3) is 11.3 Å². The highest BCUT2D eigenvalue weighted by Crippen LogP contribution is 2.21. The second kappa shape index (κ2) is 8.75. The first-order valence-corrected chi connectivity index (χ1v) is 9.20. The number of carbonyl (C=O) groups excluding carboxylic acids is 1. The zero-order valence-electron chi connectivity index (χ0n) is 15.6. The first-order chi connectivity index (χ1) is 14.3. The van der Waals surface area contributed by atoms with Crippen LogP contribution in [0.4, 0.5) is 0 Å². The Morgan fingerprint density at radius 1 is 1.00 bits per heavy atom. The molecule has 0 saturated heterocycles. The van der Waals surface area contributed by atoms with E-state index in [-0.39, 0.29) is 5.91 Å². The van der Waals surface area contributed by atoms with Crippen LogP contribution in [-0.4, -0.2) is 26.9 Å². The largest absolute Gasteiger partial charge is 0.272 e. The van der Waals surface area contributed by atoms with Gasteiger partial charge in [0.25, 0.3) is 5.91 Å². The molecule has 0 bridgehead atoms. The maximum Gasteiger partial charge on any atom is 0.272 e. The number of benzene rings is 2. The van der Waals surface area contributed by atoms with Crippen molar-refractivity contribution in [3.8, 4) is 11.3 Å². The second-order valence-corrected chi connectivity index (χ2v) is 6.42. The zero-order valence-corrected chi connectivity index (χ0v) is 15.6. The van der Waals surface area contributed by atoms with Crippen molar-refractivity contribution in [1.29, 1.82) is 0 Å². The van der Waals surface area contributed by atoms with Crippen LogP contribution in [0.2, 0.25) is 0 Å². The zero-order chi connectivity index (χ0) is 19.9. The summed E-state index contributed by atoms with van der Waals surface area (Å²) in [6.07, 6.45) is 6.66. The highest BCUT2D eigenvalue weighted by molar-refractivity contribution is 5.95. The molecule has 0 spiro atoms. The van der Waals surface area contributed by atoms with Crippen LogP contribution in [0.15, 0.2) is 96.5 Å². The van der Waals surface area contributed by atoms with E-state index >= 15 is 0 Å². The van der Waals surface area contributed by atoms with Gasteiger partial charge in [-0.25, -0.2) is 5.43 Å². The molecule has 6 heteroatoms. The van der Waals surface area contributed by atoms with Crippen molar-refractivity contribution in [2.45, 2.75) is 6.54 Å². The van der Waals surface area contributed by atoms with E-state index in [0.717, 1.165) is 22.4 Å². The maximum absolute atomic E-state index is 12.2. The van der Waals surface area contributed by atoms with Gasteiger partial charge in [0.05, 0.1) is 18.3 Å². The van der Waals surface area contributed by atoms with Gasteiger partial charge in [-0.3, -0.25) is 14.5 Å². The van der Waals surface area contributed by atoms with E-state index < -0.39 is 0 Å². The first kappa shape index (κ1) is 18.3. The van der Waals surface area contributed by atoms with Crippen LogP contribution in [0, 0.1) is 0 Å². The lowest BCUT2D eigenvalue weighted by Gasteiger charge is -2.01. The predicted molar refractivity (Wildman–Crippen MR) is 113 cm³/mol. The van der Waals surface area contributed by atoms with Crippen molar-refractivity contribution in [1.82, 2.24) is 20.2 Å². The van der Waals surface area contributed by atoms with Crippen LogP contribution in [0.5, 0.6) is 0 Å². The first-order valence-electron chi connectivity index (χ1n) is 9.20. The average Bonchev–Trinajstić information content (AvgIpc) is 3.18. The van der Waals surface area contributed by atoms with Gasteiger partial charge in [-0.2, -0.15) is 10.2 Å². The molecule has 1 N–H and O–H groups in total. The molecule has 2 aromatic carbocycles. The maximum atomic E-state index is 12.2. The molecule has 2 heterocycles. The third kappa shape index (κ3) is 4.62. The van der Waals surface area contributed by atoms with Crippen LogP contribution >= 0.6 is 0 Å². The van der Waals surface area contributed by atoms with Crippen LogP contribution in [-0.2, 0) is 6.54 Å². The molecule has 29 heavy (non-hydrogen) atoms. The quantitative estimate of drug-likeness (QED) is 0.408. The fourth-order valence-corrected chi connectivity index (χ4v) is 2.93. The fourth-order valence-electron chi connectivity index (χ4n) is 2.93. The summed E-state index contributed by atoms with van der Waals surface area (Å²) >= 11 is 0. The summed E-state index contributed by atoms with van der Waals surface area (Å²) in [7, 11) is 0. The van der Waals surface area contributed by atoms with Crippen molar-refractivity contribution >= 4 is 12.1 Å². The molecule has 142 valence electrons. The monoisotopic (exact) mass is 381 g/mol. The number of nitrogens with one attached hydrogen (secondary N) is 1. The number of hydrogen-bond donors (Lipinski definition) is 1. The fraction of sp³-hybridized carbons (Fsp3) is 0.0435. The molecule has 0 atom stereocenters. The smallest absolute Gasteiger partial charge is 0.267 e. The van der Waals surface area contributed by atoms with E-state index in [0.29, 0.717) is 12.1 Å². The summed E-state index contributed by atoms with van der Waals surface area (Å²) in [6.45, 7) is 0.649. The topological polar surface area (TPSA) is 72.2 Å². The molecule has 0 fully saturated rings. The number of rotatable bonds is 6. The Morgan fingerprint density at radius 2 is 1.76 bits per heavy atom. The van der Waals surface area contributed by atoms with Gasteiger partial charge in [-0.05, 0) is 17.7 Å². The molecule has 0 aliphatic rings. The number of hydrogen-bond acceptors (Lipinski definition) is 4. The molecule has 0 aliphatic carbocycles. The molecule has 2 aromatic heterocycles. The standard InChI is InChI=1S/C23H19N5O/c29-23(20-12-7-13-24-14-20)26-25-15-21-17-28(16-18-8-3-1-4-9-18)27-22(21)19-10-5-2-6-11-19/h1-15,17H,16H2,(H,26,29). The minimum Gasteiger partial charge on any atom is -0.267 e. The Labute approximate surface area is 168 Å². The number of aromatic nitrogens is 3.